The molecule has 9 heteroatoms. The number of amides is 2. The third kappa shape index (κ3) is 5.69. The Kier molecular flexibility index (Phi) is 7.41. The molecule has 0 aliphatic carbocycles. The van der Waals surface area contributed by atoms with Gasteiger partial charge in [-0.2, -0.15) is 0 Å². The second kappa shape index (κ2) is 10.2. The number of rotatable bonds is 7. The molecule has 3 N–H and O–H groups in total. The summed E-state index contributed by atoms with van der Waals surface area (Å²) in [5.74, 6) is 0.411. The lowest BCUT2D eigenvalue weighted by atomic mass is 10.2. The quantitative estimate of drug-likeness (QED) is 0.613. The second-order valence-electron chi connectivity index (χ2n) is 7.94. The molecule has 1 atom stereocenters. The van der Waals surface area contributed by atoms with Crippen molar-refractivity contribution < 1.29 is 14.7 Å². The topological polar surface area (TPSA) is 111 Å². The van der Waals surface area contributed by atoms with Crippen molar-refractivity contribution in [3.05, 3.63) is 47.9 Å². The van der Waals surface area contributed by atoms with Crippen LogP contribution in [0.2, 0.25) is 0 Å². The molecule has 31 heavy (non-hydrogen) atoms. The Hall–Kier alpha value is -3.20. The zero-order valence-electron chi connectivity index (χ0n) is 18.2. The van der Waals surface area contributed by atoms with Crippen molar-refractivity contribution in [2.45, 2.75) is 32.9 Å². The van der Waals surface area contributed by atoms with Crippen LogP contribution in [0.15, 0.2) is 36.7 Å². The highest BCUT2D eigenvalue weighted by Crippen LogP contribution is 2.24. The van der Waals surface area contributed by atoms with Gasteiger partial charge in [0.25, 0.3) is 11.8 Å². The number of pyridine rings is 2. The lowest BCUT2D eigenvalue weighted by Gasteiger charge is -2.36. The van der Waals surface area contributed by atoms with E-state index in [1.807, 2.05) is 12.1 Å². The largest absolute Gasteiger partial charge is 0.394 e. The molecule has 1 aliphatic heterocycles. The number of piperazine rings is 1. The van der Waals surface area contributed by atoms with E-state index in [4.69, 9.17) is 5.11 Å². The second-order valence-corrected chi connectivity index (χ2v) is 7.94. The van der Waals surface area contributed by atoms with Gasteiger partial charge in [0.15, 0.2) is 5.82 Å². The highest BCUT2D eigenvalue weighted by Gasteiger charge is 2.25. The van der Waals surface area contributed by atoms with Gasteiger partial charge < -0.3 is 25.5 Å². The van der Waals surface area contributed by atoms with Gasteiger partial charge in [0, 0.05) is 50.7 Å². The number of nitrogens with zero attached hydrogens (tertiary/aromatic N) is 4. The van der Waals surface area contributed by atoms with E-state index in [0.717, 1.165) is 11.5 Å². The molecular weight excluding hydrogens is 396 g/mol. The van der Waals surface area contributed by atoms with Crippen molar-refractivity contribution in [1.29, 1.82) is 0 Å². The number of aromatic nitrogens is 2. The predicted molar refractivity (Wildman–Crippen MR) is 119 cm³/mol. The van der Waals surface area contributed by atoms with E-state index in [9.17, 15) is 9.59 Å². The number of carbonyl (C=O) groups excluding carboxylic acids is 2. The summed E-state index contributed by atoms with van der Waals surface area (Å²) in [5, 5.41) is 15.1. The number of hydrogen-bond acceptors (Lipinski definition) is 7. The third-order valence-electron chi connectivity index (χ3n) is 4.99. The maximum atomic E-state index is 12.8. The van der Waals surface area contributed by atoms with Crippen LogP contribution in [-0.2, 0) is 0 Å². The summed E-state index contributed by atoms with van der Waals surface area (Å²) in [6, 6.07) is 7.02. The summed E-state index contributed by atoms with van der Waals surface area (Å²) >= 11 is 0. The van der Waals surface area contributed by atoms with Gasteiger partial charge in [0.05, 0.1) is 17.9 Å². The number of aliphatic hydroxyl groups is 1. The first kappa shape index (κ1) is 22.5. The van der Waals surface area contributed by atoms with Crippen molar-refractivity contribution in [2.75, 3.05) is 43.0 Å². The van der Waals surface area contributed by atoms with E-state index in [2.05, 4.69) is 39.3 Å². The molecule has 2 aromatic rings. The van der Waals surface area contributed by atoms with Crippen LogP contribution in [0.25, 0.3) is 0 Å². The van der Waals surface area contributed by atoms with Gasteiger partial charge in [0.1, 0.15) is 5.69 Å². The van der Waals surface area contributed by atoms with Crippen molar-refractivity contribution in [3.63, 3.8) is 0 Å². The van der Waals surface area contributed by atoms with Gasteiger partial charge in [-0.15, -0.1) is 0 Å². The molecule has 0 aromatic carbocycles. The standard InChI is InChI=1S/C22H30N6O3/c1-15(2)25-18-5-4-8-23-20(18)27-9-11-28(12-10-27)22(31)19-7-6-17(13-24-19)21(30)26-16(3)14-29/h4-8,13,15-16,25,29H,9-12,14H2,1-3H3,(H,26,30)/t16-/m1/s1. The first-order chi connectivity index (χ1) is 14.9. The molecule has 0 radical (unpaired) electrons. The van der Waals surface area contributed by atoms with Gasteiger partial charge in [-0.05, 0) is 45.0 Å². The minimum atomic E-state index is -0.347. The molecule has 1 fully saturated rings. The number of aliphatic hydroxyl groups excluding tert-OH is 1. The Morgan fingerprint density at radius 3 is 2.45 bits per heavy atom. The number of anilines is 2. The highest BCUT2D eigenvalue weighted by molar-refractivity contribution is 5.96. The summed E-state index contributed by atoms with van der Waals surface area (Å²) in [5.41, 5.74) is 1.64. The summed E-state index contributed by atoms with van der Waals surface area (Å²) < 4.78 is 0. The molecule has 1 aliphatic rings. The molecule has 0 saturated carbocycles. The molecule has 166 valence electrons. The van der Waals surface area contributed by atoms with Crippen LogP contribution in [-0.4, -0.2) is 76.7 Å². The van der Waals surface area contributed by atoms with Crippen LogP contribution in [0.1, 0.15) is 41.6 Å². The molecule has 0 unspecified atom stereocenters. The van der Waals surface area contributed by atoms with Crippen LogP contribution in [0.5, 0.6) is 0 Å². The van der Waals surface area contributed by atoms with E-state index < -0.39 is 0 Å². The maximum Gasteiger partial charge on any atom is 0.272 e. The van der Waals surface area contributed by atoms with E-state index in [1.54, 1.807) is 30.2 Å². The van der Waals surface area contributed by atoms with Crippen molar-refractivity contribution in [2.24, 2.45) is 0 Å². The minimum Gasteiger partial charge on any atom is -0.394 e. The normalized spacial score (nSPS) is 15.0. The van der Waals surface area contributed by atoms with Crippen molar-refractivity contribution in [3.8, 4) is 0 Å². The molecule has 3 heterocycles. The number of carbonyl (C=O) groups is 2. The monoisotopic (exact) mass is 426 g/mol. The van der Waals surface area contributed by atoms with E-state index in [-0.39, 0.29) is 24.5 Å². The fourth-order valence-electron chi connectivity index (χ4n) is 3.36. The van der Waals surface area contributed by atoms with E-state index >= 15 is 0 Å². The van der Waals surface area contributed by atoms with Gasteiger partial charge in [-0.25, -0.2) is 4.98 Å². The smallest absolute Gasteiger partial charge is 0.272 e. The summed E-state index contributed by atoms with van der Waals surface area (Å²) in [6.07, 6.45) is 3.17. The van der Waals surface area contributed by atoms with Gasteiger partial charge >= 0.3 is 0 Å². The van der Waals surface area contributed by atoms with Crippen LogP contribution in [0.4, 0.5) is 11.5 Å². The van der Waals surface area contributed by atoms with Gasteiger partial charge in [-0.3, -0.25) is 14.6 Å². The average Bonchev–Trinajstić information content (AvgIpc) is 2.78. The molecule has 1 saturated heterocycles. The fraction of sp³-hybridized carbons (Fsp3) is 0.455. The van der Waals surface area contributed by atoms with Crippen LogP contribution in [0.3, 0.4) is 0 Å². The SMILES string of the molecule is CC(C)Nc1cccnc1N1CCN(C(=O)c2ccc(C(=O)N[C@H](C)CO)cn2)CC1. The van der Waals surface area contributed by atoms with Crippen LogP contribution >= 0.6 is 0 Å². The molecule has 2 aromatic heterocycles. The average molecular weight is 427 g/mol. The molecule has 2 amide bonds. The van der Waals surface area contributed by atoms with Crippen LogP contribution < -0.4 is 15.5 Å². The fourth-order valence-corrected chi connectivity index (χ4v) is 3.36. The van der Waals surface area contributed by atoms with E-state index in [0.29, 0.717) is 43.5 Å². The minimum absolute atomic E-state index is 0.144. The Labute approximate surface area is 182 Å². The van der Waals surface area contributed by atoms with Gasteiger partial charge in [0.2, 0.25) is 0 Å². The molecule has 9 nitrogen and oxygen atoms in total. The maximum absolute atomic E-state index is 12.8. The molecular formula is C22H30N6O3. The Bertz CT molecular complexity index is 894. The first-order valence-corrected chi connectivity index (χ1v) is 10.5. The Balaban J connectivity index is 1.60. The predicted octanol–water partition coefficient (Wildman–Crippen LogP) is 1.37. The Morgan fingerprint density at radius 1 is 1.10 bits per heavy atom. The first-order valence-electron chi connectivity index (χ1n) is 10.5. The molecule has 0 bridgehead atoms. The third-order valence-corrected chi connectivity index (χ3v) is 4.99. The zero-order chi connectivity index (χ0) is 22.4. The van der Waals surface area contributed by atoms with Crippen molar-refractivity contribution >= 4 is 23.3 Å². The highest BCUT2D eigenvalue weighted by atomic mass is 16.3. The number of nitrogens with one attached hydrogen (secondary N) is 2. The van der Waals surface area contributed by atoms with E-state index in [1.165, 1.54) is 6.20 Å². The van der Waals surface area contributed by atoms with Crippen LogP contribution in [0, 0.1) is 0 Å². The van der Waals surface area contributed by atoms with Crippen molar-refractivity contribution in [1.82, 2.24) is 20.2 Å². The molecule has 3 rings (SSSR count). The number of hydrogen-bond donors (Lipinski definition) is 3. The zero-order valence-corrected chi connectivity index (χ0v) is 18.2. The summed E-state index contributed by atoms with van der Waals surface area (Å²) in [6.45, 7) is 8.21. The lowest BCUT2D eigenvalue weighted by molar-refractivity contribution is 0.0739. The summed E-state index contributed by atoms with van der Waals surface area (Å²) in [7, 11) is 0. The van der Waals surface area contributed by atoms with Gasteiger partial charge in [-0.1, -0.05) is 0 Å². The molecule has 0 spiro atoms. The Morgan fingerprint density at radius 2 is 1.84 bits per heavy atom. The lowest BCUT2D eigenvalue weighted by Crippen LogP contribution is -2.49. The summed E-state index contributed by atoms with van der Waals surface area (Å²) in [4.78, 5) is 37.6.